The molecule has 1 amide bonds. The van der Waals surface area contributed by atoms with E-state index in [1.54, 1.807) is 11.4 Å². The summed E-state index contributed by atoms with van der Waals surface area (Å²) in [5, 5.41) is 3.90. The summed E-state index contributed by atoms with van der Waals surface area (Å²) in [6.45, 7) is 0. The molecule has 0 fully saturated rings. The SMILES string of the molecule is Nc1ccc(F)c(F)c1NC(=O)c1csc(I)c1. The molecule has 2 rings (SSSR count). The van der Waals surface area contributed by atoms with Crippen LogP contribution in [0.4, 0.5) is 20.2 Å². The summed E-state index contributed by atoms with van der Waals surface area (Å²) in [5.41, 5.74) is 5.53. The van der Waals surface area contributed by atoms with Crippen molar-refractivity contribution in [2.45, 2.75) is 0 Å². The zero-order valence-electron chi connectivity index (χ0n) is 8.84. The number of thiophene rings is 1. The van der Waals surface area contributed by atoms with Gasteiger partial charge in [0.2, 0.25) is 0 Å². The summed E-state index contributed by atoms with van der Waals surface area (Å²) in [4.78, 5) is 11.8. The van der Waals surface area contributed by atoms with E-state index < -0.39 is 17.5 Å². The van der Waals surface area contributed by atoms with Gasteiger partial charge in [-0.15, -0.1) is 11.3 Å². The Hall–Kier alpha value is -1.22. The second-order valence-electron chi connectivity index (χ2n) is 3.42. The molecule has 1 aromatic heterocycles. The first kappa shape index (κ1) is 13.2. The fourth-order valence-corrected chi connectivity index (χ4v) is 2.63. The zero-order chi connectivity index (χ0) is 13.3. The second-order valence-corrected chi connectivity index (χ2v) is 6.22. The molecule has 0 aliphatic rings. The van der Waals surface area contributed by atoms with Crippen LogP contribution in [0.15, 0.2) is 23.6 Å². The number of nitrogens with one attached hydrogen (secondary N) is 1. The lowest BCUT2D eigenvalue weighted by molar-refractivity contribution is 0.102. The van der Waals surface area contributed by atoms with Gasteiger partial charge in [0, 0.05) is 5.38 Å². The first-order valence-electron chi connectivity index (χ1n) is 4.78. The highest BCUT2D eigenvalue weighted by Crippen LogP contribution is 2.26. The van der Waals surface area contributed by atoms with E-state index in [0.717, 1.165) is 8.95 Å². The van der Waals surface area contributed by atoms with Gasteiger partial charge in [-0.2, -0.15) is 0 Å². The van der Waals surface area contributed by atoms with Gasteiger partial charge in [-0.3, -0.25) is 4.79 Å². The summed E-state index contributed by atoms with van der Waals surface area (Å²) >= 11 is 3.45. The van der Waals surface area contributed by atoms with E-state index in [0.29, 0.717) is 5.56 Å². The molecular weight excluding hydrogens is 373 g/mol. The number of carbonyl (C=O) groups excluding carboxylic acids is 1. The van der Waals surface area contributed by atoms with Crippen LogP contribution in [0.25, 0.3) is 0 Å². The number of anilines is 2. The van der Waals surface area contributed by atoms with E-state index in [4.69, 9.17) is 5.73 Å². The van der Waals surface area contributed by atoms with Crippen molar-refractivity contribution in [2.75, 3.05) is 11.1 Å². The minimum absolute atomic E-state index is 0.0211. The van der Waals surface area contributed by atoms with Crippen molar-refractivity contribution in [2.24, 2.45) is 0 Å². The molecule has 1 aromatic carbocycles. The molecule has 7 heteroatoms. The molecule has 18 heavy (non-hydrogen) atoms. The number of hydrogen-bond acceptors (Lipinski definition) is 3. The van der Waals surface area contributed by atoms with Crippen molar-refractivity contribution in [3.05, 3.63) is 43.7 Å². The highest BCUT2D eigenvalue weighted by molar-refractivity contribution is 14.1. The van der Waals surface area contributed by atoms with Crippen LogP contribution in [0.5, 0.6) is 0 Å². The van der Waals surface area contributed by atoms with Gasteiger partial charge < -0.3 is 11.1 Å². The van der Waals surface area contributed by atoms with Gasteiger partial charge in [-0.1, -0.05) is 0 Å². The number of benzene rings is 1. The maximum absolute atomic E-state index is 13.5. The van der Waals surface area contributed by atoms with Crippen molar-refractivity contribution in [1.82, 2.24) is 0 Å². The number of amides is 1. The maximum atomic E-state index is 13.5. The monoisotopic (exact) mass is 380 g/mol. The van der Waals surface area contributed by atoms with Gasteiger partial charge in [0.1, 0.15) is 5.69 Å². The normalized spacial score (nSPS) is 10.4. The molecule has 0 spiro atoms. The van der Waals surface area contributed by atoms with E-state index in [1.807, 2.05) is 0 Å². The minimum atomic E-state index is -1.16. The van der Waals surface area contributed by atoms with E-state index in [2.05, 4.69) is 27.9 Å². The molecule has 0 unspecified atom stereocenters. The topological polar surface area (TPSA) is 55.1 Å². The third kappa shape index (κ3) is 2.61. The van der Waals surface area contributed by atoms with Crippen LogP contribution in [-0.4, -0.2) is 5.91 Å². The molecule has 2 aromatic rings. The van der Waals surface area contributed by atoms with Crippen LogP contribution < -0.4 is 11.1 Å². The number of halogens is 3. The molecule has 0 atom stereocenters. The third-order valence-corrected chi connectivity index (χ3v) is 3.98. The first-order chi connectivity index (χ1) is 8.49. The summed E-state index contributed by atoms with van der Waals surface area (Å²) in [6.07, 6.45) is 0. The number of nitrogen functional groups attached to an aromatic ring is 1. The standard InChI is InChI=1S/C11H7F2IN2OS/c12-6-1-2-7(15)10(9(6)13)16-11(17)5-3-8(14)18-4-5/h1-4H,15H2,(H,16,17). The van der Waals surface area contributed by atoms with Gasteiger partial charge in [0.15, 0.2) is 11.6 Å². The number of rotatable bonds is 2. The Morgan fingerprint density at radius 3 is 2.72 bits per heavy atom. The fourth-order valence-electron chi connectivity index (χ4n) is 1.31. The van der Waals surface area contributed by atoms with Crippen molar-refractivity contribution in [3.8, 4) is 0 Å². The van der Waals surface area contributed by atoms with Gasteiger partial charge >= 0.3 is 0 Å². The maximum Gasteiger partial charge on any atom is 0.256 e. The molecule has 0 aliphatic carbocycles. The molecular formula is C11H7F2IN2OS. The van der Waals surface area contributed by atoms with E-state index >= 15 is 0 Å². The summed E-state index contributed by atoms with van der Waals surface area (Å²) in [7, 11) is 0. The third-order valence-electron chi connectivity index (χ3n) is 2.20. The summed E-state index contributed by atoms with van der Waals surface area (Å²) < 4.78 is 27.4. The molecule has 94 valence electrons. The zero-order valence-corrected chi connectivity index (χ0v) is 11.8. The lowest BCUT2D eigenvalue weighted by Crippen LogP contribution is -2.14. The van der Waals surface area contributed by atoms with Gasteiger partial charge in [0.05, 0.1) is 14.1 Å². The quantitative estimate of drug-likeness (QED) is 0.620. The van der Waals surface area contributed by atoms with Crippen LogP contribution in [0, 0.1) is 14.5 Å². The molecule has 0 saturated heterocycles. The van der Waals surface area contributed by atoms with Crippen molar-refractivity contribution >= 4 is 51.2 Å². The number of nitrogens with two attached hydrogens (primary N) is 1. The van der Waals surface area contributed by atoms with E-state index in [-0.39, 0.29) is 11.4 Å². The molecule has 0 saturated carbocycles. The Bertz CT molecular complexity index is 615. The minimum Gasteiger partial charge on any atom is -0.397 e. The summed E-state index contributed by atoms with van der Waals surface area (Å²) in [5.74, 6) is -2.74. The molecule has 3 nitrogen and oxygen atoms in total. The van der Waals surface area contributed by atoms with Crippen molar-refractivity contribution in [3.63, 3.8) is 0 Å². The predicted octanol–water partition coefficient (Wildman–Crippen LogP) is 3.47. The smallest absolute Gasteiger partial charge is 0.256 e. The van der Waals surface area contributed by atoms with E-state index in [1.165, 1.54) is 17.4 Å². The fraction of sp³-hybridized carbons (Fsp3) is 0. The molecule has 3 N–H and O–H groups in total. The summed E-state index contributed by atoms with van der Waals surface area (Å²) in [6, 6.07) is 3.76. The van der Waals surface area contributed by atoms with Crippen molar-refractivity contribution < 1.29 is 13.6 Å². The van der Waals surface area contributed by atoms with Gasteiger partial charge in [-0.25, -0.2) is 8.78 Å². The molecule has 1 heterocycles. The first-order valence-corrected chi connectivity index (χ1v) is 6.73. The van der Waals surface area contributed by atoms with Crippen LogP contribution in [-0.2, 0) is 0 Å². The average Bonchev–Trinajstić information content (AvgIpc) is 2.76. The van der Waals surface area contributed by atoms with Crippen molar-refractivity contribution in [1.29, 1.82) is 0 Å². The Morgan fingerprint density at radius 1 is 1.39 bits per heavy atom. The van der Waals surface area contributed by atoms with Crippen LogP contribution in [0.2, 0.25) is 0 Å². The molecule has 0 aliphatic heterocycles. The largest absolute Gasteiger partial charge is 0.397 e. The van der Waals surface area contributed by atoms with E-state index in [9.17, 15) is 13.6 Å². The number of carbonyl (C=O) groups is 1. The lowest BCUT2D eigenvalue weighted by atomic mass is 10.2. The predicted molar refractivity (Wildman–Crippen MR) is 75.8 cm³/mol. The van der Waals surface area contributed by atoms with Crippen LogP contribution in [0.3, 0.4) is 0 Å². The van der Waals surface area contributed by atoms with Crippen LogP contribution in [0.1, 0.15) is 10.4 Å². The average molecular weight is 380 g/mol. The highest BCUT2D eigenvalue weighted by Gasteiger charge is 2.16. The Balaban J connectivity index is 2.30. The van der Waals surface area contributed by atoms with Gasteiger partial charge in [-0.05, 0) is 40.8 Å². The van der Waals surface area contributed by atoms with Gasteiger partial charge in [0.25, 0.3) is 5.91 Å². The Kier molecular flexibility index (Phi) is 3.81. The Labute approximate surface area is 119 Å². The van der Waals surface area contributed by atoms with Crippen LogP contribution >= 0.6 is 33.9 Å². The number of hydrogen-bond donors (Lipinski definition) is 2. The molecule has 0 bridgehead atoms. The second kappa shape index (κ2) is 5.19. The highest BCUT2D eigenvalue weighted by atomic mass is 127. The lowest BCUT2D eigenvalue weighted by Gasteiger charge is -2.08. The Morgan fingerprint density at radius 2 is 2.11 bits per heavy atom. The molecule has 0 radical (unpaired) electrons.